The fraction of sp³-hybridized carbons (Fsp3) is 0.417. The van der Waals surface area contributed by atoms with E-state index in [2.05, 4.69) is 37.8 Å². The lowest BCUT2D eigenvalue weighted by atomic mass is 9.84. The zero-order chi connectivity index (χ0) is 23.1. The van der Waals surface area contributed by atoms with Gasteiger partial charge in [-0.2, -0.15) is 0 Å². The van der Waals surface area contributed by atoms with Crippen LogP contribution in [-0.2, 0) is 19.1 Å². The van der Waals surface area contributed by atoms with Crippen LogP contribution in [-0.4, -0.2) is 41.3 Å². The van der Waals surface area contributed by atoms with E-state index in [0.717, 1.165) is 23.4 Å². The van der Waals surface area contributed by atoms with Crippen LogP contribution >= 0.6 is 35.3 Å². The predicted octanol–water partition coefficient (Wildman–Crippen LogP) is 5.79. The number of rotatable bonds is 5. The van der Waals surface area contributed by atoms with Crippen molar-refractivity contribution in [2.24, 2.45) is 0 Å². The number of hydrogen-bond donors (Lipinski definition) is 0. The molecule has 0 amide bonds. The van der Waals surface area contributed by atoms with E-state index >= 15 is 0 Å². The van der Waals surface area contributed by atoms with Crippen LogP contribution in [0, 0.1) is 0 Å². The Bertz CT molecular complexity index is 1060. The average Bonchev–Trinajstić information content (AvgIpc) is 3.19. The second-order valence-electron chi connectivity index (χ2n) is 7.93. The van der Waals surface area contributed by atoms with Crippen LogP contribution in [0.2, 0.25) is 0 Å². The summed E-state index contributed by atoms with van der Waals surface area (Å²) >= 11 is 4.47. The normalized spacial score (nSPS) is 23.3. The predicted molar refractivity (Wildman–Crippen MR) is 135 cm³/mol. The van der Waals surface area contributed by atoms with Crippen molar-refractivity contribution in [3.8, 4) is 0 Å². The van der Waals surface area contributed by atoms with Gasteiger partial charge in [-0.3, -0.25) is 0 Å². The Morgan fingerprint density at radius 1 is 1.00 bits per heavy atom. The molecule has 0 aromatic heterocycles. The summed E-state index contributed by atoms with van der Waals surface area (Å²) in [5.41, 5.74) is 3.58. The van der Waals surface area contributed by atoms with Gasteiger partial charge in [-0.1, -0.05) is 41.7 Å². The first-order valence-corrected chi connectivity index (χ1v) is 13.3. The van der Waals surface area contributed by atoms with E-state index in [1.54, 1.807) is 25.6 Å². The number of benzene rings is 1. The number of nitrogens with zero attached hydrogens (tertiary/aromatic N) is 1. The number of anilines is 1. The van der Waals surface area contributed by atoms with Crippen molar-refractivity contribution in [3.05, 3.63) is 56.0 Å². The Morgan fingerprint density at radius 3 is 2.38 bits per heavy atom. The molecule has 0 fully saturated rings. The smallest absolute Gasteiger partial charge is 0.345 e. The number of carbonyl (C=O) groups is 2. The van der Waals surface area contributed by atoms with Crippen LogP contribution < -0.4 is 4.90 Å². The quantitative estimate of drug-likeness (QED) is 0.482. The molecule has 0 saturated heterocycles. The Morgan fingerprint density at radius 2 is 1.69 bits per heavy atom. The van der Waals surface area contributed by atoms with Crippen molar-refractivity contribution >= 4 is 58.5 Å². The molecule has 1 atom stereocenters. The summed E-state index contributed by atoms with van der Waals surface area (Å²) in [6, 6.07) is 8.32. The van der Waals surface area contributed by atoms with E-state index in [0.29, 0.717) is 23.7 Å². The molecular formula is C24H27NO4S3. The number of ether oxygens (including phenoxy) is 2. The summed E-state index contributed by atoms with van der Waals surface area (Å²) in [4.78, 5) is 29.8. The van der Waals surface area contributed by atoms with Gasteiger partial charge in [0.05, 0.1) is 24.3 Å². The topological polar surface area (TPSA) is 55.8 Å². The summed E-state index contributed by atoms with van der Waals surface area (Å²) < 4.78 is 9.93. The van der Waals surface area contributed by atoms with Crippen LogP contribution in [0.3, 0.4) is 0 Å². The lowest BCUT2D eigenvalue weighted by molar-refractivity contribution is -0.139. The number of hydrogen-bond acceptors (Lipinski definition) is 8. The van der Waals surface area contributed by atoms with Crippen LogP contribution in [0.5, 0.6) is 0 Å². The molecule has 0 unspecified atom stereocenters. The molecule has 0 bridgehead atoms. The number of fused-ring (bicyclic) bond motifs is 3. The molecule has 4 rings (SSSR count). The van der Waals surface area contributed by atoms with Gasteiger partial charge in [0.15, 0.2) is 0 Å². The zero-order valence-electron chi connectivity index (χ0n) is 18.9. The molecule has 5 nitrogen and oxygen atoms in total. The molecule has 3 aliphatic rings. The molecule has 170 valence electrons. The second kappa shape index (κ2) is 8.88. The number of likely N-dealkylation sites (N-methyl/N-ethyl adjacent to an activating group) is 1. The summed E-state index contributed by atoms with van der Waals surface area (Å²) in [6.07, 6.45) is 0. The molecular weight excluding hydrogens is 462 g/mol. The molecule has 0 radical (unpaired) electrons. The first-order chi connectivity index (χ1) is 15.3. The molecule has 32 heavy (non-hydrogen) atoms. The van der Waals surface area contributed by atoms with Crippen molar-refractivity contribution in [3.63, 3.8) is 0 Å². The van der Waals surface area contributed by atoms with Crippen molar-refractivity contribution in [1.82, 2.24) is 0 Å². The van der Waals surface area contributed by atoms with E-state index in [1.807, 2.05) is 22.9 Å². The van der Waals surface area contributed by atoms with E-state index < -0.39 is 4.08 Å². The summed E-state index contributed by atoms with van der Waals surface area (Å²) in [6.45, 7) is 11.7. The molecule has 3 heterocycles. The molecule has 0 N–H and O–H groups in total. The minimum atomic E-state index is -0.803. The molecule has 1 aromatic carbocycles. The van der Waals surface area contributed by atoms with Gasteiger partial charge in [-0.25, -0.2) is 9.59 Å². The van der Waals surface area contributed by atoms with E-state index in [9.17, 15) is 9.59 Å². The first kappa shape index (κ1) is 23.4. The van der Waals surface area contributed by atoms with Crippen LogP contribution in [0.1, 0.15) is 40.2 Å². The minimum absolute atomic E-state index is 0.277. The highest BCUT2D eigenvalue weighted by molar-refractivity contribution is 8.25. The Balaban J connectivity index is 1.92. The van der Waals surface area contributed by atoms with Gasteiger partial charge < -0.3 is 14.4 Å². The van der Waals surface area contributed by atoms with Crippen LogP contribution in [0.25, 0.3) is 5.57 Å². The zero-order valence-corrected chi connectivity index (χ0v) is 21.3. The van der Waals surface area contributed by atoms with Gasteiger partial charge in [-0.05, 0) is 51.5 Å². The number of thioether (sulfide) groups is 3. The highest BCUT2D eigenvalue weighted by Crippen LogP contribution is 2.67. The van der Waals surface area contributed by atoms with Gasteiger partial charge in [0, 0.05) is 28.3 Å². The Labute approximate surface area is 202 Å². The monoisotopic (exact) mass is 489 g/mol. The van der Waals surface area contributed by atoms with Crippen molar-refractivity contribution in [2.75, 3.05) is 24.7 Å². The Hall–Kier alpha value is -1.77. The summed E-state index contributed by atoms with van der Waals surface area (Å²) in [5, 5.41) is 3.75. The third-order valence-corrected chi connectivity index (χ3v) is 10.1. The largest absolute Gasteiger partial charge is 0.463 e. The highest BCUT2D eigenvalue weighted by atomic mass is 32.2. The molecule has 8 heteroatoms. The van der Waals surface area contributed by atoms with Gasteiger partial charge in [0.1, 0.15) is 8.98 Å². The van der Waals surface area contributed by atoms with Gasteiger partial charge in [-0.15, -0.1) is 11.8 Å². The fourth-order valence-electron chi connectivity index (χ4n) is 4.45. The summed E-state index contributed by atoms with van der Waals surface area (Å²) in [7, 11) is 0. The van der Waals surface area contributed by atoms with Crippen LogP contribution in [0.4, 0.5) is 5.69 Å². The fourth-order valence-corrected chi connectivity index (χ4v) is 8.95. The van der Waals surface area contributed by atoms with E-state index in [4.69, 9.17) is 9.47 Å². The number of esters is 2. The van der Waals surface area contributed by atoms with E-state index in [1.165, 1.54) is 28.4 Å². The maximum atomic E-state index is 13.1. The third kappa shape index (κ3) is 3.51. The minimum Gasteiger partial charge on any atom is -0.463 e. The van der Waals surface area contributed by atoms with Crippen molar-refractivity contribution < 1.29 is 19.1 Å². The number of carbonyl (C=O) groups excluding carboxylic acids is 2. The summed E-state index contributed by atoms with van der Waals surface area (Å²) in [5.74, 6) is -0.706. The maximum absolute atomic E-state index is 13.1. The third-order valence-electron chi connectivity index (χ3n) is 5.77. The lowest BCUT2D eigenvalue weighted by Crippen LogP contribution is -2.50. The maximum Gasteiger partial charge on any atom is 0.345 e. The molecule has 3 aliphatic heterocycles. The SMILES string of the molecule is CCOC(=O)C1=CS[C@@]2(S1)C(C(=O)OCC)=CSC1=C2c2ccccc2N(CC)C1(C)C. The second-order valence-corrected chi connectivity index (χ2v) is 11.4. The lowest BCUT2D eigenvalue weighted by Gasteiger charge is -2.51. The van der Waals surface area contributed by atoms with Crippen LogP contribution in [0.15, 0.2) is 50.5 Å². The van der Waals surface area contributed by atoms with Crippen molar-refractivity contribution in [2.45, 2.75) is 44.2 Å². The average molecular weight is 490 g/mol. The molecule has 1 aromatic rings. The molecule has 0 saturated carbocycles. The first-order valence-electron chi connectivity index (χ1n) is 10.7. The van der Waals surface area contributed by atoms with Gasteiger partial charge in [0.25, 0.3) is 0 Å². The standard InChI is InChI=1S/C24H27NO4S3/c1-6-25-17-12-10-9-11-15(17)19-20(23(25,4)5)30-13-16(21(26)28-7-2)24(19)31-14-18(32-24)22(27)29-8-3/h9-14H,6-8H2,1-5H3/t24-/m1/s1. The molecule has 1 spiro atoms. The van der Waals surface area contributed by atoms with Crippen molar-refractivity contribution in [1.29, 1.82) is 0 Å². The number of para-hydroxylation sites is 1. The van der Waals surface area contributed by atoms with E-state index in [-0.39, 0.29) is 17.5 Å². The highest BCUT2D eigenvalue weighted by Gasteiger charge is 2.55. The van der Waals surface area contributed by atoms with Gasteiger partial charge >= 0.3 is 11.9 Å². The Kier molecular flexibility index (Phi) is 6.49. The van der Waals surface area contributed by atoms with Gasteiger partial charge in [0.2, 0.25) is 0 Å². The molecule has 0 aliphatic carbocycles.